The summed E-state index contributed by atoms with van der Waals surface area (Å²) in [4.78, 5) is 12.0. The van der Waals surface area contributed by atoms with Crippen molar-refractivity contribution in [3.63, 3.8) is 0 Å². The number of hydrogen-bond acceptors (Lipinski definition) is 2. The molecule has 0 aromatic heterocycles. The number of amides is 1. The molecule has 2 atom stereocenters. The third-order valence-electron chi connectivity index (χ3n) is 3.78. The fourth-order valence-corrected chi connectivity index (χ4v) is 2.03. The van der Waals surface area contributed by atoms with Crippen LogP contribution in [0.25, 0.3) is 0 Å². The fraction of sp³-hybridized carbons (Fsp3) is 0.917. The Morgan fingerprint density at radius 3 is 2.56 bits per heavy atom. The van der Waals surface area contributed by atoms with Crippen LogP contribution in [0.2, 0.25) is 0 Å². The molecule has 4 heteroatoms. The van der Waals surface area contributed by atoms with E-state index in [-0.39, 0.29) is 23.7 Å². The maximum Gasteiger partial charge on any atom is 0.225 e. The molecule has 1 aliphatic carbocycles. The number of nitrogens with one attached hydrogen (secondary N) is 1. The lowest BCUT2D eigenvalue weighted by Gasteiger charge is -2.27. The van der Waals surface area contributed by atoms with Gasteiger partial charge >= 0.3 is 0 Å². The van der Waals surface area contributed by atoms with Crippen LogP contribution in [0.3, 0.4) is 0 Å². The number of carbonyl (C=O) groups is 1. The third kappa shape index (κ3) is 3.63. The number of carbonyl (C=O) groups excluding carboxylic acids is 1. The van der Waals surface area contributed by atoms with Crippen LogP contribution >= 0.6 is 12.4 Å². The van der Waals surface area contributed by atoms with Crippen molar-refractivity contribution in [1.29, 1.82) is 0 Å². The minimum absolute atomic E-state index is 0. The van der Waals surface area contributed by atoms with Gasteiger partial charge in [0, 0.05) is 11.5 Å². The van der Waals surface area contributed by atoms with Crippen molar-refractivity contribution < 1.29 is 4.79 Å². The maximum atomic E-state index is 12.0. The van der Waals surface area contributed by atoms with Crippen molar-refractivity contribution >= 4 is 18.3 Å². The zero-order chi connectivity index (χ0) is 11.5. The van der Waals surface area contributed by atoms with Gasteiger partial charge in [0.25, 0.3) is 0 Å². The highest BCUT2D eigenvalue weighted by Crippen LogP contribution is 2.27. The van der Waals surface area contributed by atoms with E-state index in [2.05, 4.69) is 12.2 Å². The van der Waals surface area contributed by atoms with Crippen LogP contribution in [0.1, 0.15) is 46.5 Å². The molecule has 0 aromatic carbocycles. The Morgan fingerprint density at radius 2 is 2.06 bits per heavy atom. The molecular formula is C12H25ClN2O. The molecule has 3 N–H and O–H groups in total. The molecule has 0 radical (unpaired) electrons. The number of nitrogens with two attached hydrogens (primary N) is 1. The second kappa shape index (κ2) is 6.45. The van der Waals surface area contributed by atoms with Gasteiger partial charge in [-0.2, -0.15) is 0 Å². The molecule has 1 saturated carbocycles. The predicted octanol–water partition coefficient (Wildman–Crippen LogP) is 2.09. The summed E-state index contributed by atoms with van der Waals surface area (Å²) in [6.45, 7) is 6.73. The molecule has 1 rings (SSSR count). The average Bonchev–Trinajstić information content (AvgIpc) is 2.65. The molecule has 16 heavy (non-hydrogen) atoms. The zero-order valence-electron chi connectivity index (χ0n) is 10.6. The lowest BCUT2D eigenvalue weighted by atomic mass is 9.88. The smallest absolute Gasteiger partial charge is 0.225 e. The normalized spacial score (nSPS) is 25.0. The summed E-state index contributed by atoms with van der Waals surface area (Å²) in [7, 11) is 0. The van der Waals surface area contributed by atoms with Gasteiger partial charge in [-0.25, -0.2) is 0 Å². The first-order valence-corrected chi connectivity index (χ1v) is 6.02. The Hall–Kier alpha value is -0.280. The van der Waals surface area contributed by atoms with E-state index in [1.807, 2.05) is 13.8 Å². The van der Waals surface area contributed by atoms with Crippen LogP contribution in [0.4, 0.5) is 0 Å². The number of rotatable bonds is 4. The van der Waals surface area contributed by atoms with Crippen molar-refractivity contribution in [3.8, 4) is 0 Å². The highest BCUT2D eigenvalue weighted by molar-refractivity contribution is 5.85. The van der Waals surface area contributed by atoms with Gasteiger partial charge in [-0.15, -0.1) is 12.4 Å². The van der Waals surface area contributed by atoms with E-state index >= 15 is 0 Å². The topological polar surface area (TPSA) is 55.1 Å². The summed E-state index contributed by atoms with van der Waals surface area (Å²) in [6.07, 6.45) is 4.32. The van der Waals surface area contributed by atoms with E-state index in [9.17, 15) is 4.79 Å². The molecule has 1 fully saturated rings. The first kappa shape index (κ1) is 15.7. The van der Waals surface area contributed by atoms with E-state index < -0.39 is 0 Å². The SMILES string of the molecule is CCC(C)(C)C(=O)NC1CCCC1CN.Cl. The molecule has 2 unspecified atom stereocenters. The Kier molecular flexibility index (Phi) is 6.34. The van der Waals surface area contributed by atoms with Crippen LogP contribution in [0.5, 0.6) is 0 Å². The van der Waals surface area contributed by atoms with Gasteiger partial charge in [-0.05, 0) is 31.7 Å². The van der Waals surface area contributed by atoms with E-state index in [0.29, 0.717) is 18.5 Å². The summed E-state index contributed by atoms with van der Waals surface area (Å²) in [5.74, 6) is 0.664. The lowest BCUT2D eigenvalue weighted by Crippen LogP contribution is -2.45. The minimum Gasteiger partial charge on any atom is -0.353 e. The highest BCUT2D eigenvalue weighted by atomic mass is 35.5. The molecule has 0 spiro atoms. The van der Waals surface area contributed by atoms with Crippen molar-refractivity contribution in [3.05, 3.63) is 0 Å². The van der Waals surface area contributed by atoms with E-state index in [1.165, 1.54) is 6.42 Å². The zero-order valence-corrected chi connectivity index (χ0v) is 11.4. The molecule has 1 aliphatic rings. The van der Waals surface area contributed by atoms with Crippen LogP contribution in [-0.4, -0.2) is 18.5 Å². The van der Waals surface area contributed by atoms with Gasteiger partial charge in [0.15, 0.2) is 0 Å². The second-order valence-electron chi connectivity index (χ2n) is 5.24. The fourth-order valence-electron chi connectivity index (χ4n) is 2.03. The Morgan fingerprint density at radius 1 is 1.44 bits per heavy atom. The predicted molar refractivity (Wildman–Crippen MR) is 69.6 cm³/mol. The Balaban J connectivity index is 0.00000225. The third-order valence-corrected chi connectivity index (χ3v) is 3.78. The van der Waals surface area contributed by atoms with Gasteiger partial charge in [0.05, 0.1) is 0 Å². The monoisotopic (exact) mass is 248 g/mol. The molecule has 0 aromatic rings. The average molecular weight is 249 g/mol. The van der Waals surface area contributed by atoms with E-state index in [1.54, 1.807) is 0 Å². The van der Waals surface area contributed by atoms with Gasteiger partial charge < -0.3 is 11.1 Å². The molecular weight excluding hydrogens is 224 g/mol. The molecule has 0 bridgehead atoms. The van der Waals surface area contributed by atoms with Crippen molar-refractivity contribution in [2.75, 3.05) is 6.54 Å². The molecule has 0 aliphatic heterocycles. The van der Waals surface area contributed by atoms with Crippen molar-refractivity contribution in [2.45, 2.75) is 52.5 Å². The molecule has 96 valence electrons. The summed E-state index contributed by atoms with van der Waals surface area (Å²) < 4.78 is 0. The van der Waals surface area contributed by atoms with Crippen LogP contribution in [0.15, 0.2) is 0 Å². The Labute approximate surface area is 105 Å². The summed E-state index contributed by atoms with van der Waals surface area (Å²) in [5.41, 5.74) is 5.44. The first-order valence-electron chi connectivity index (χ1n) is 6.02. The van der Waals surface area contributed by atoms with Gasteiger partial charge in [-0.3, -0.25) is 4.79 Å². The van der Waals surface area contributed by atoms with Crippen molar-refractivity contribution in [1.82, 2.24) is 5.32 Å². The Bertz CT molecular complexity index is 231. The van der Waals surface area contributed by atoms with E-state index in [4.69, 9.17) is 5.73 Å². The maximum absolute atomic E-state index is 12.0. The van der Waals surface area contributed by atoms with E-state index in [0.717, 1.165) is 19.3 Å². The standard InChI is InChI=1S/C12H24N2O.ClH/c1-4-12(2,3)11(15)14-10-7-5-6-9(10)8-13;/h9-10H,4-8,13H2,1-3H3,(H,14,15);1H. The summed E-state index contributed by atoms with van der Waals surface area (Å²) >= 11 is 0. The van der Waals surface area contributed by atoms with Crippen LogP contribution < -0.4 is 11.1 Å². The number of hydrogen-bond donors (Lipinski definition) is 2. The van der Waals surface area contributed by atoms with Gasteiger partial charge in [-0.1, -0.05) is 27.2 Å². The highest BCUT2D eigenvalue weighted by Gasteiger charge is 2.32. The lowest BCUT2D eigenvalue weighted by molar-refractivity contribution is -0.130. The van der Waals surface area contributed by atoms with Crippen LogP contribution in [0, 0.1) is 11.3 Å². The molecule has 0 heterocycles. The van der Waals surface area contributed by atoms with Crippen LogP contribution in [-0.2, 0) is 4.79 Å². The minimum atomic E-state index is -0.248. The summed E-state index contributed by atoms with van der Waals surface area (Å²) in [6, 6.07) is 0.313. The second-order valence-corrected chi connectivity index (χ2v) is 5.24. The summed E-state index contributed by atoms with van der Waals surface area (Å²) in [5, 5.41) is 3.15. The molecule has 1 amide bonds. The number of halogens is 1. The molecule has 0 saturated heterocycles. The molecule has 3 nitrogen and oxygen atoms in total. The first-order chi connectivity index (χ1) is 7.01. The van der Waals surface area contributed by atoms with Gasteiger partial charge in [0.2, 0.25) is 5.91 Å². The van der Waals surface area contributed by atoms with Crippen molar-refractivity contribution in [2.24, 2.45) is 17.1 Å². The quantitative estimate of drug-likeness (QED) is 0.801. The largest absolute Gasteiger partial charge is 0.353 e. The van der Waals surface area contributed by atoms with Gasteiger partial charge in [0.1, 0.15) is 0 Å².